The molecule has 1 heterocycles. The van der Waals surface area contributed by atoms with Crippen molar-refractivity contribution < 1.29 is 5.11 Å². The lowest BCUT2D eigenvalue weighted by atomic mass is 9.99. The molecule has 0 aromatic heterocycles. The van der Waals surface area contributed by atoms with Crippen molar-refractivity contribution in [3.63, 3.8) is 0 Å². The van der Waals surface area contributed by atoms with E-state index in [2.05, 4.69) is 37.6 Å². The van der Waals surface area contributed by atoms with E-state index in [4.69, 9.17) is 5.11 Å². The van der Waals surface area contributed by atoms with E-state index in [1.807, 2.05) is 6.08 Å². The highest BCUT2D eigenvalue weighted by Gasteiger charge is 2.21. The number of piperidine rings is 1. The fourth-order valence-electron chi connectivity index (χ4n) is 2.25. The quantitative estimate of drug-likeness (QED) is 0.586. The molecule has 0 bridgehead atoms. The largest absolute Gasteiger partial charge is 0.396 e. The molecule has 1 aliphatic rings. The molecule has 1 aliphatic heterocycles. The fraction of sp³-hybridized carbons (Fsp3) is 0.600. The third kappa shape index (κ3) is 5.85. The first-order valence-corrected chi connectivity index (χ1v) is 6.44. The number of rotatable bonds is 5. The molecule has 0 aromatic carbocycles. The van der Waals surface area contributed by atoms with Gasteiger partial charge in [0.1, 0.15) is 0 Å². The second-order valence-corrected chi connectivity index (χ2v) is 4.20. The van der Waals surface area contributed by atoms with Gasteiger partial charge in [0.2, 0.25) is 0 Å². The maximum Gasteiger partial charge on any atom is 0.0445 e. The van der Waals surface area contributed by atoms with Crippen LogP contribution < -0.4 is 0 Å². The van der Waals surface area contributed by atoms with Gasteiger partial charge in [-0.05, 0) is 38.3 Å². The monoisotopic (exact) mass is 237 g/mol. The molecule has 1 rings (SSSR count). The Morgan fingerprint density at radius 2 is 2.12 bits per heavy atom. The summed E-state index contributed by atoms with van der Waals surface area (Å²) in [5, 5.41) is 9.02. The van der Waals surface area contributed by atoms with Crippen LogP contribution in [-0.2, 0) is 0 Å². The van der Waals surface area contributed by atoms with Gasteiger partial charge in [-0.3, -0.25) is 4.90 Å². The van der Waals surface area contributed by atoms with Crippen molar-refractivity contribution in [3.05, 3.63) is 37.5 Å². The van der Waals surface area contributed by atoms with Crippen LogP contribution in [0.15, 0.2) is 37.5 Å². The molecular formula is C15H27NO. The predicted molar refractivity (Wildman–Crippen MR) is 76.1 cm³/mol. The van der Waals surface area contributed by atoms with Gasteiger partial charge in [-0.15, -0.1) is 13.2 Å². The Morgan fingerprint density at radius 1 is 1.41 bits per heavy atom. The summed E-state index contributed by atoms with van der Waals surface area (Å²) < 4.78 is 0. The molecule has 0 aromatic rings. The molecule has 2 nitrogen and oxygen atoms in total. The first kappa shape index (κ1) is 16.1. The summed E-state index contributed by atoms with van der Waals surface area (Å²) >= 11 is 0. The van der Waals surface area contributed by atoms with Crippen molar-refractivity contribution in [1.29, 1.82) is 0 Å². The minimum atomic E-state index is 0.306. The lowest BCUT2D eigenvalue weighted by molar-refractivity contribution is 0.130. The zero-order valence-corrected chi connectivity index (χ0v) is 11.2. The average Bonchev–Trinajstić information content (AvgIpc) is 2.40. The van der Waals surface area contributed by atoms with E-state index in [0.717, 1.165) is 19.5 Å². The van der Waals surface area contributed by atoms with Crippen LogP contribution in [0.3, 0.4) is 0 Å². The molecule has 0 radical (unpaired) electrons. The van der Waals surface area contributed by atoms with E-state index in [1.165, 1.54) is 24.8 Å². The molecule has 1 fully saturated rings. The zero-order chi connectivity index (χ0) is 13.1. The van der Waals surface area contributed by atoms with Gasteiger partial charge in [0.25, 0.3) is 0 Å². The van der Waals surface area contributed by atoms with Crippen molar-refractivity contribution in [2.75, 3.05) is 19.7 Å². The van der Waals surface area contributed by atoms with Gasteiger partial charge in [-0.2, -0.15) is 0 Å². The molecule has 1 N–H and O–H groups in total. The minimum Gasteiger partial charge on any atom is -0.396 e. The first-order chi connectivity index (χ1) is 8.31. The van der Waals surface area contributed by atoms with Crippen LogP contribution in [0.4, 0.5) is 0 Å². The Morgan fingerprint density at radius 3 is 2.65 bits per heavy atom. The van der Waals surface area contributed by atoms with Crippen molar-refractivity contribution in [2.24, 2.45) is 0 Å². The Kier molecular flexibility index (Phi) is 9.78. The first-order valence-electron chi connectivity index (χ1n) is 6.44. The number of likely N-dealkylation sites (tertiary alicyclic amines) is 1. The molecule has 0 spiro atoms. The number of aliphatic hydroxyl groups excluding tert-OH is 1. The van der Waals surface area contributed by atoms with Gasteiger partial charge in [0.15, 0.2) is 0 Å². The normalized spacial score (nSPS) is 21.5. The van der Waals surface area contributed by atoms with E-state index in [1.54, 1.807) is 0 Å². The van der Waals surface area contributed by atoms with E-state index < -0.39 is 0 Å². The smallest absolute Gasteiger partial charge is 0.0445 e. The number of nitrogens with zero attached hydrogens (tertiary/aromatic N) is 1. The number of allylic oxidation sites excluding steroid dienone is 1. The number of hydrogen-bond acceptors (Lipinski definition) is 2. The summed E-state index contributed by atoms with van der Waals surface area (Å²) in [6, 6.07) is 0.568. The highest BCUT2D eigenvalue weighted by molar-refractivity contribution is 5.17. The summed E-state index contributed by atoms with van der Waals surface area (Å²) in [5.74, 6) is 0. The van der Waals surface area contributed by atoms with Crippen molar-refractivity contribution >= 4 is 0 Å². The van der Waals surface area contributed by atoms with Crippen LogP contribution >= 0.6 is 0 Å². The summed E-state index contributed by atoms with van der Waals surface area (Å²) in [4.78, 5) is 2.48. The highest BCUT2D eigenvalue weighted by atomic mass is 16.3. The van der Waals surface area contributed by atoms with E-state index in [0.29, 0.717) is 12.6 Å². The van der Waals surface area contributed by atoms with Gasteiger partial charge in [0, 0.05) is 19.2 Å². The minimum absolute atomic E-state index is 0.306. The molecule has 2 heteroatoms. The van der Waals surface area contributed by atoms with Gasteiger partial charge in [0.05, 0.1) is 0 Å². The van der Waals surface area contributed by atoms with Crippen LogP contribution in [0.2, 0.25) is 0 Å². The highest BCUT2D eigenvalue weighted by Crippen LogP contribution is 2.20. The second kappa shape index (κ2) is 10.3. The second-order valence-electron chi connectivity index (χ2n) is 4.20. The number of hydrogen-bond donors (Lipinski definition) is 1. The van der Waals surface area contributed by atoms with E-state index in [-0.39, 0.29) is 0 Å². The van der Waals surface area contributed by atoms with Crippen molar-refractivity contribution in [1.82, 2.24) is 4.90 Å². The van der Waals surface area contributed by atoms with Crippen LogP contribution in [0.1, 0.15) is 32.6 Å². The summed E-state index contributed by atoms with van der Waals surface area (Å²) in [7, 11) is 0. The summed E-state index contributed by atoms with van der Waals surface area (Å²) in [6.07, 6.45) is 8.79. The SMILES string of the molecule is C=C.C=C/C(=C\C)CN1CCCCC1CCO. The van der Waals surface area contributed by atoms with Gasteiger partial charge in [-0.1, -0.05) is 25.2 Å². The maximum atomic E-state index is 9.02. The topological polar surface area (TPSA) is 23.5 Å². The standard InChI is InChI=1S/C13H23NO.C2H4/c1-3-12(4-2)11-14-9-6-5-7-13(14)8-10-15;1-2/h3-4,13,15H,1,5-11H2,2H3;1-2H2/b12-4+;. The summed E-state index contributed by atoms with van der Waals surface area (Å²) in [6.45, 7) is 14.3. The lowest BCUT2D eigenvalue weighted by Gasteiger charge is -2.35. The van der Waals surface area contributed by atoms with E-state index in [9.17, 15) is 0 Å². The molecule has 1 saturated heterocycles. The summed E-state index contributed by atoms with van der Waals surface area (Å²) in [5.41, 5.74) is 1.29. The van der Waals surface area contributed by atoms with Gasteiger partial charge in [-0.25, -0.2) is 0 Å². The van der Waals surface area contributed by atoms with Gasteiger partial charge < -0.3 is 5.11 Å². The fourth-order valence-corrected chi connectivity index (χ4v) is 2.25. The van der Waals surface area contributed by atoms with Crippen LogP contribution in [0, 0.1) is 0 Å². The Labute approximate surface area is 106 Å². The molecule has 17 heavy (non-hydrogen) atoms. The zero-order valence-electron chi connectivity index (χ0n) is 11.2. The average molecular weight is 237 g/mol. The molecule has 1 atom stereocenters. The van der Waals surface area contributed by atoms with Crippen LogP contribution in [0.25, 0.3) is 0 Å². The Bertz CT molecular complexity index is 233. The van der Waals surface area contributed by atoms with Crippen LogP contribution in [0.5, 0.6) is 0 Å². The molecule has 0 amide bonds. The van der Waals surface area contributed by atoms with Crippen LogP contribution in [-0.4, -0.2) is 35.7 Å². The molecule has 0 aliphatic carbocycles. The molecule has 1 unspecified atom stereocenters. The predicted octanol–water partition coefficient (Wildman–Crippen LogP) is 3.16. The van der Waals surface area contributed by atoms with Crippen molar-refractivity contribution in [2.45, 2.75) is 38.6 Å². The third-order valence-corrected chi connectivity index (χ3v) is 3.23. The lowest BCUT2D eigenvalue weighted by Crippen LogP contribution is -2.40. The number of aliphatic hydroxyl groups is 1. The Balaban J connectivity index is 0.00000121. The van der Waals surface area contributed by atoms with Gasteiger partial charge >= 0.3 is 0 Å². The van der Waals surface area contributed by atoms with Crippen molar-refractivity contribution in [3.8, 4) is 0 Å². The molecular weight excluding hydrogens is 210 g/mol. The van der Waals surface area contributed by atoms with E-state index >= 15 is 0 Å². The third-order valence-electron chi connectivity index (χ3n) is 3.23. The molecule has 98 valence electrons. The maximum absolute atomic E-state index is 9.02. The Hall–Kier alpha value is -0.860. The molecule has 0 saturated carbocycles.